The number of thiophene rings is 1. The molecule has 4 heteroatoms. The van der Waals surface area contributed by atoms with E-state index in [9.17, 15) is 4.79 Å². The quantitative estimate of drug-likeness (QED) is 0.861. The van der Waals surface area contributed by atoms with E-state index in [0.717, 1.165) is 24.8 Å². The van der Waals surface area contributed by atoms with Gasteiger partial charge in [-0.1, -0.05) is 30.3 Å². The van der Waals surface area contributed by atoms with E-state index in [4.69, 9.17) is 10.5 Å². The smallest absolute Gasteiger partial charge is 0.341 e. The Morgan fingerprint density at radius 2 is 2.10 bits per heavy atom. The van der Waals surface area contributed by atoms with Crippen LogP contribution in [0, 0.1) is 0 Å². The van der Waals surface area contributed by atoms with Crippen molar-refractivity contribution >= 4 is 22.3 Å². The van der Waals surface area contributed by atoms with E-state index in [1.54, 1.807) is 0 Å². The van der Waals surface area contributed by atoms with Crippen LogP contribution >= 0.6 is 11.3 Å². The van der Waals surface area contributed by atoms with E-state index < -0.39 is 0 Å². The van der Waals surface area contributed by atoms with Gasteiger partial charge >= 0.3 is 5.97 Å². The molecule has 0 bridgehead atoms. The molecule has 1 aliphatic rings. The third-order valence-electron chi connectivity index (χ3n) is 3.95. The SMILES string of the molecule is COC(=O)c1c(N)sc2c1CCC(c1ccccc1)C2. The van der Waals surface area contributed by atoms with Gasteiger partial charge in [0, 0.05) is 4.88 Å². The number of methoxy groups -OCH3 is 1. The monoisotopic (exact) mass is 287 g/mol. The molecule has 0 fully saturated rings. The first kappa shape index (κ1) is 13.2. The third-order valence-corrected chi connectivity index (χ3v) is 5.04. The molecule has 0 saturated heterocycles. The minimum absolute atomic E-state index is 0.307. The van der Waals surface area contributed by atoms with Crippen LogP contribution in [0.1, 0.15) is 38.7 Å². The molecule has 0 aliphatic heterocycles. The fourth-order valence-electron chi connectivity index (χ4n) is 2.94. The van der Waals surface area contributed by atoms with Crippen LogP contribution in [-0.4, -0.2) is 13.1 Å². The first-order valence-corrected chi connectivity index (χ1v) is 7.55. The van der Waals surface area contributed by atoms with Crippen molar-refractivity contribution in [2.24, 2.45) is 0 Å². The summed E-state index contributed by atoms with van der Waals surface area (Å²) >= 11 is 1.54. The second-order valence-electron chi connectivity index (χ2n) is 5.09. The molecule has 20 heavy (non-hydrogen) atoms. The second-order valence-corrected chi connectivity index (χ2v) is 6.22. The number of anilines is 1. The normalized spacial score (nSPS) is 17.6. The molecule has 3 rings (SSSR count). The highest BCUT2D eigenvalue weighted by molar-refractivity contribution is 7.16. The number of benzene rings is 1. The highest BCUT2D eigenvalue weighted by Gasteiger charge is 2.28. The van der Waals surface area contributed by atoms with Gasteiger partial charge in [-0.3, -0.25) is 0 Å². The van der Waals surface area contributed by atoms with Crippen molar-refractivity contribution in [1.82, 2.24) is 0 Å². The van der Waals surface area contributed by atoms with E-state index >= 15 is 0 Å². The van der Waals surface area contributed by atoms with Crippen LogP contribution in [0.25, 0.3) is 0 Å². The van der Waals surface area contributed by atoms with Gasteiger partial charge in [-0.2, -0.15) is 0 Å². The summed E-state index contributed by atoms with van der Waals surface area (Å²) in [5.74, 6) is 0.213. The highest BCUT2D eigenvalue weighted by atomic mass is 32.1. The third kappa shape index (κ3) is 2.20. The van der Waals surface area contributed by atoms with E-state index in [2.05, 4.69) is 24.3 Å². The maximum atomic E-state index is 11.8. The molecule has 1 atom stereocenters. The number of hydrogen-bond acceptors (Lipinski definition) is 4. The second kappa shape index (κ2) is 5.29. The topological polar surface area (TPSA) is 52.3 Å². The molecule has 1 aromatic carbocycles. The molecule has 0 radical (unpaired) electrons. The zero-order chi connectivity index (χ0) is 14.1. The van der Waals surface area contributed by atoms with Crippen molar-refractivity contribution in [3.63, 3.8) is 0 Å². The van der Waals surface area contributed by atoms with Crippen molar-refractivity contribution in [2.75, 3.05) is 12.8 Å². The van der Waals surface area contributed by atoms with E-state index in [-0.39, 0.29) is 5.97 Å². The molecule has 2 aromatic rings. The number of hydrogen-bond donors (Lipinski definition) is 1. The Morgan fingerprint density at radius 1 is 1.35 bits per heavy atom. The molecule has 1 unspecified atom stereocenters. The summed E-state index contributed by atoms with van der Waals surface area (Å²) in [6.45, 7) is 0. The molecule has 3 nitrogen and oxygen atoms in total. The van der Waals surface area contributed by atoms with Crippen molar-refractivity contribution in [2.45, 2.75) is 25.2 Å². The van der Waals surface area contributed by atoms with Gasteiger partial charge in [0.25, 0.3) is 0 Å². The lowest BCUT2D eigenvalue weighted by Crippen LogP contribution is -2.14. The number of esters is 1. The van der Waals surface area contributed by atoms with Gasteiger partial charge in [0.1, 0.15) is 5.00 Å². The zero-order valence-electron chi connectivity index (χ0n) is 11.4. The van der Waals surface area contributed by atoms with Gasteiger partial charge in [0.2, 0.25) is 0 Å². The van der Waals surface area contributed by atoms with Crippen molar-refractivity contribution in [3.8, 4) is 0 Å². The number of ether oxygens (including phenoxy) is 1. The Kier molecular flexibility index (Phi) is 3.49. The number of rotatable bonds is 2. The minimum atomic E-state index is -0.307. The number of nitrogens with two attached hydrogens (primary N) is 1. The maximum absolute atomic E-state index is 11.8. The largest absolute Gasteiger partial charge is 0.465 e. The van der Waals surface area contributed by atoms with E-state index in [0.29, 0.717) is 16.5 Å². The molecule has 2 N–H and O–H groups in total. The molecule has 1 aromatic heterocycles. The molecular weight excluding hydrogens is 270 g/mol. The lowest BCUT2D eigenvalue weighted by molar-refractivity contribution is 0.0601. The number of nitrogen functional groups attached to an aromatic ring is 1. The van der Waals surface area contributed by atoms with Crippen LogP contribution in [0.3, 0.4) is 0 Å². The van der Waals surface area contributed by atoms with E-state index in [1.165, 1.54) is 28.9 Å². The predicted octanol–water partition coefficient (Wildman–Crippen LogP) is 3.39. The standard InChI is InChI=1S/C16H17NO2S/c1-19-16(18)14-12-8-7-11(9-13(12)20-15(14)17)10-5-3-2-4-6-10/h2-6,11H,7-9,17H2,1H3. The Hall–Kier alpha value is -1.81. The minimum Gasteiger partial charge on any atom is -0.465 e. The van der Waals surface area contributed by atoms with Crippen LogP contribution < -0.4 is 5.73 Å². The summed E-state index contributed by atoms with van der Waals surface area (Å²) in [4.78, 5) is 13.1. The van der Waals surface area contributed by atoms with Crippen molar-refractivity contribution in [1.29, 1.82) is 0 Å². The van der Waals surface area contributed by atoms with Crippen LogP contribution in [0.15, 0.2) is 30.3 Å². The maximum Gasteiger partial charge on any atom is 0.341 e. The van der Waals surface area contributed by atoms with Gasteiger partial charge in [0.15, 0.2) is 0 Å². The Balaban J connectivity index is 1.92. The first-order chi connectivity index (χ1) is 9.70. The van der Waals surface area contributed by atoms with Gasteiger partial charge < -0.3 is 10.5 Å². The summed E-state index contributed by atoms with van der Waals surface area (Å²) in [5.41, 5.74) is 9.06. The molecule has 0 amide bonds. The van der Waals surface area contributed by atoms with Gasteiger partial charge in [-0.25, -0.2) is 4.79 Å². The Labute approximate surface area is 122 Å². The first-order valence-electron chi connectivity index (χ1n) is 6.74. The Bertz CT molecular complexity index is 633. The zero-order valence-corrected chi connectivity index (χ0v) is 12.2. The fraction of sp³-hybridized carbons (Fsp3) is 0.312. The van der Waals surface area contributed by atoms with Crippen LogP contribution in [0.2, 0.25) is 0 Å². The number of fused-ring (bicyclic) bond motifs is 1. The van der Waals surface area contributed by atoms with Crippen molar-refractivity contribution < 1.29 is 9.53 Å². The summed E-state index contributed by atoms with van der Waals surface area (Å²) in [6.07, 6.45) is 2.91. The lowest BCUT2D eigenvalue weighted by atomic mass is 9.83. The molecule has 1 heterocycles. The summed E-state index contributed by atoms with van der Waals surface area (Å²) in [5, 5.41) is 0.593. The molecule has 1 aliphatic carbocycles. The molecule has 0 saturated carbocycles. The van der Waals surface area contributed by atoms with Gasteiger partial charge in [0.05, 0.1) is 12.7 Å². The average Bonchev–Trinajstić information content (AvgIpc) is 2.82. The van der Waals surface area contributed by atoms with Crippen LogP contribution in [0.4, 0.5) is 5.00 Å². The Morgan fingerprint density at radius 3 is 2.80 bits per heavy atom. The van der Waals surface area contributed by atoms with Gasteiger partial charge in [-0.05, 0) is 36.3 Å². The fourth-order valence-corrected chi connectivity index (χ4v) is 4.13. The van der Waals surface area contributed by atoms with Gasteiger partial charge in [-0.15, -0.1) is 11.3 Å². The lowest BCUT2D eigenvalue weighted by Gasteiger charge is -2.22. The average molecular weight is 287 g/mol. The molecule has 104 valence electrons. The van der Waals surface area contributed by atoms with Crippen LogP contribution in [-0.2, 0) is 17.6 Å². The van der Waals surface area contributed by atoms with Crippen LogP contribution in [0.5, 0.6) is 0 Å². The predicted molar refractivity (Wildman–Crippen MR) is 81.3 cm³/mol. The molecule has 0 spiro atoms. The number of carbonyl (C=O) groups excluding carboxylic acids is 1. The van der Waals surface area contributed by atoms with Crippen molar-refractivity contribution in [3.05, 3.63) is 51.9 Å². The van der Waals surface area contributed by atoms with E-state index in [1.807, 2.05) is 6.07 Å². The summed E-state index contributed by atoms with van der Waals surface area (Å²) in [7, 11) is 1.40. The number of carbonyl (C=O) groups is 1. The molecular formula is C16H17NO2S. The summed E-state index contributed by atoms with van der Waals surface area (Å²) in [6, 6.07) is 10.5. The highest BCUT2D eigenvalue weighted by Crippen LogP contribution is 2.41. The summed E-state index contributed by atoms with van der Waals surface area (Å²) < 4.78 is 4.84.